The van der Waals surface area contributed by atoms with Gasteiger partial charge in [-0.15, -0.1) is 12.4 Å². The number of halogens is 1. The van der Waals surface area contributed by atoms with Crippen LogP contribution in [0.25, 0.3) is 0 Å². The van der Waals surface area contributed by atoms with Crippen molar-refractivity contribution in [3.63, 3.8) is 0 Å². The maximum atomic E-state index is 12.4. The fourth-order valence-electron chi connectivity index (χ4n) is 2.93. The van der Waals surface area contributed by atoms with Crippen LogP contribution < -0.4 is 16.4 Å². The zero-order valence-electron chi connectivity index (χ0n) is 14.8. The number of nitrogens with two attached hydrogens (primary N) is 1. The van der Waals surface area contributed by atoms with E-state index in [1.807, 2.05) is 31.2 Å². The number of benzene rings is 1. The number of hydrogen-bond acceptors (Lipinski definition) is 3. The summed E-state index contributed by atoms with van der Waals surface area (Å²) in [5, 5.41) is 5.86. The van der Waals surface area contributed by atoms with E-state index < -0.39 is 0 Å². The van der Waals surface area contributed by atoms with Gasteiger partial charge in [0.2, 0.25) is 5.91 Å². The lowest BCUT2D eigenvalue weighted by Crippen LogP contribution is -2.47. The lowest BCUT2D eigenvalue weighted by atomic mass is 9.97. The molecule has 0 aromatic heterocycles. The molecule has 1 aliphatic heterocycles. The highest BCUT2D eigenvalue weighted by Crippen LogP contribution is 2.18. The van der Waals surface area contributed by atoms with Gasteiger partial charge < -0.3 is 21.3 Å². The standard InChI is InChI=1S/C18H28N4O2.ClH/c1-14-6-4-8-16(12-14)21-18(24)22-11-5-7-15(13-22)17(23)20-10-3-2-9-19;/h4,6,8,12,15H,2-3,5,7,9-11,13,19H2,1H3,(H,20,23)(H,21,24);1H. The third kappa shape index (κ3) is 6.92. The molecule has 0 radical (unpaired) electrons. The Morgan fingerprint density at radius 1 is 1.32 bits per heavy atom. The van der Waals surface area contributed by atoms with Crippen LogP contribution in [0.2, 0.25) is 0 Å². The first kappa shape index (κ1) is 21.3. The Balaban J connectivity index is 0.00000312. The zero-order valence-corrected chi connectivity index (χ0v) is 15.6. The molecule has 1 heterocycles. The molecule has 1 unspecified atom stereocenters. The molecule has 0 spiro atoms. The van der Waals surface area contributed by atoms with Crippen molar-refractivity contribution in [2.24, 2.45) is 11.7 Å². The van der Waals surface area contributed by atoms with Crippen LogP contribution in [-0.2, 0) is 4.79 Å². The number of rotatable bonds is 6. The average molecular weight is 369 g/mol. The summed E-state index contributed by atoms with van der Waals surface area (Å²) in [5.74, 6) is -0.0834. The van der Waals surface area contributed by atoms with Crippen molar-refractivity contribution in [1.29, 1.82) is 0 Å². The van der Waals surface area contributed by atoms with Crippen LogP contribution in [0.1, 0.15) is 31.2 Å². The lowest BCUT2D eigenvalue weighted by molar-refractivity contribution is -0.126. The maximum absolute atomic E-state index is 12.4. The fraction of sp³-hybridized carbons (Fsp3) is 0.556. The van der Waals surface area contributed by atoms with Gasteiger partial charge in [-0.25, -0.2) is 4.79 Å². The summed E-state index contributed by atoms with van der Waals surface area (Å²) in [5.41, 5.74) is 7.33. The van der Waals surface area contributed by atoms with Gasteiger partial charge in [-0.05, 0) is 56.8 Å². The van der Waals surface area contributed by atoms with Gasteiger partial charge in [-0.3, -0.25) is 4.79 Å². The van der Waals surface area contributed by atoms with E-state index in [0.717, 1.165) is 36.9 Å². The number of nitrogens with zero attached hydrogens (tertiary/aromatic N) is 1. The number of nitrogens with one attached hydrogen (secondary N) is 2. The Hall–Kier alpha value is -1.79. The van der Waals surface area contributed by atoms with Gasteiger partial charge in [0, 0.05) is 25.3 Å². The Labute approximate surface area is 155 Å². The minimum absolute atomic E-state index is 0. The number of amides is 3. The Morgan fingerprint density at radius 2 is 2.12 bits per heavy atom. The summed E-state index contributed by atoms with van der Waals surface area (Å²) in [7, 11) is 0. The molecule has 0 aliphatic carbocycles. The zero-order chi connectivity index (χ0) is 17.4. The lowest BCUT2D eigenvalue weighted by Gasteiger charge is -2.32. The number of likely N-dealkylation sites (tertiary alicyclic amines) is 1. The second-order valence-corrected chi connectivity index (χ2v) is 6.37. The molecule has 1 aliphatic rings. The highest BCUT2D eigenvalue weighted by molar-refractivity contribution is 5.90. The molecule has 140 valence electrons. The Morgan fingerprint density at radius 3 is 2.84 bits per heavy atom. The molecule has 1 fully saturated rings. The second-order valence-electron chi connectivity index (χ2n) is 6.37. The van der Waals surface area contributed by atoms with Crippen molar-refractivity contribution >= 4 is 30.0 Å². The molecule has 1 atom stereocenters. The van der Waals surface area contributed by atoms with Gasteiger partial charge in [0.05, 0.1) is 5.92 Å². The SMILES string of the molecule is Cc1cccc(NC(=O)N2CCCC(C(=O)NCCCCN)C2)c1.Cl. The van der Waals surface area contributed by atoms with Gasteiger partial charge in [0.15, 0.2) is 0 Å². The van der Waals surface area contributed by atoms with Crippen molar-refractivity contribution < 1.29 is 9.59 Å². The molecule has 1 aromatic carbocycles. The van der Waals surface area contributed by atoms with Crippen molar-refractivity contribution in [3.8, 4) is 0 Å². The first-order valence-electron chi connectivity index (χ1n) is 8.70. The van der Waals surface area contributed by atoms with Gasteiger partial charge in [-0.1, -0.05) is 12.1 Å². The number of carbonyl (C=O) groups is 2. The summed E-state index contributed by atoms with van der Waals surface area (Å²) in [4.78, 5) is 26.4. The molecule has 7 heteroatoms. The van der Waals surface area contributed by atoms with E-state index in [0.29, 0.717) is 26.2 Å². The largest absolute Gasteiger partial charge is 0.356 e. The number of unbranched alkanes of at least 4 members (excludes halogenated alkanes) is 1. The van der Waals surface area contributed by atoms with E-state index >= 15 is 0 Å². The predicted molar refractivity (Wildman–Crippen MR) is 103 cm³/mol. The third-order valence-electron chi connectivity index (χ3n) is 4.28. The molecular weight excluding hydrogens is 340 g/mol. The second kappa shape index (κ2) is 10.9. The molecule has 4 N–H and O–H groups in total. The fourth-order valence-corrected chi connectivity index (χ4v) is 2.93. The van der Waals surface area contributed by atoms with Crippen LogP contribution in [0.15, 0.2) is 24.3 Å². The number of anilines is 1. The predicted octanol–water partition coefficient (Wildman–Crippen LogP) is 2.52. The Kier molecular flexibility index (Phi) is 9.31. The molecule has 1 aromatic rings. The normalized spacial score (nSPS) is 16.7. The Bertz CT molecular complexity index is 568. The summed E-state index contributed by atoms with van der Waals surface area (Å²) in [6.45, 7) is 4.45. The number of piperidine rings is 1. The van der Waals surface area contributed by atoms with E-state index in [4.69, 9.17) is 5.73 Å². The molecule has 6 nitrogen and oxygen atoms in total. The molecule has 0 saturated carbocycles. The van der Waals surface area contributed by atoms with Crippen molar-refractivity contribution in [3.05, 3.63) is 29.8 Å². The van der Waals surface area contributed by atoms with E-state index in [1.54, 1.807) is 4.90 Å². The van der Waals surface area contributed by atoms with Crippen LogP contribution in [0.5, 0.6) is 0 Å². The van der Waals surface area contributed by atoms with Crippen LogP contribution >= 0.6 is 12.4 Å². The van der Waals surface area contributed by atoms with Crippen LogP contribution in [-0.4, -0.2) is 43.0 Å². The highest BCUT2D eigenvalue weighted by atomic mass is 35.5. The van der Waals surface area contributed by atoms with Crippen molar-refractivity contribution in [2.45, 2.75) is 32.6 Å². The molecule has 0 bridgehead atoms. The van der Waals surface area contributed by atoms with E-state index in [2.05, 4.69) is 10.6 Å². The summed E-state index contributed by atoms with van der Waals surface area (Å²) >= 11 is 0. The third-order valence-corrected chi connectivity index (χ3v) is 4.28. The topological polar surface area (TPSA) is 87.5 Å². The summed E-state index contributed by atoms with van der Waals surface area (Å²) in [6, 6.07) is 7.57. The van der Waals surface area contributed by atoms with Gasteiger partial charge in [-0.2, -0.15) is 0 Å². The quantitative estimate of drug-likeness (QED) is 0.674. The summed E-state index contributed by atoms with van der Waals surface area (Å²) in [6.07, 6.45) is 3.49. The van der Waals surface area contributed by atoms with E-state index in [1.165, 1.54) is 0 Å². The smallest absolute Gasteiger partial charge is 0.321 e. The van der Waals surface area contributed by atoms with Crippen molar-refractivity contribution in [2.75, 3.05) is 31.5 Å². The van der Waals surface area contributed by atoms with Gasteiger partial charge >= 0.3 is 6.03 Å². The van der Waals surface area contributed by atoms with Crippen LogP contribution in [0, 0.1) is 12.8 Å². The maximum Gasteiger partial charge on any atom is 0.321 e. The van der Waals surface area contributed by atoms with E-state index in [-0.39, 0.29) is 30.3 Å². The van der Waals surface area contributed by atoms with Gasteiger partial charge in [0.25, 0.3) is 0 Å². The first-order chi connectivity index (χ1) is 11.6. The molecular formula is C18H29ClN4O2. The molecule has 1 saturated heterocycles. The molecule has 2 rings (SSSR count). The number of aryl methyl sites for hydroxylation is 1. The highest BCUT2D eigenvalue weighted by Gasteiger charge is 2.28. The minimum atomic E-state index is -0.138. The minimum Gasteiger partial charge on any atom is -0.356 e. The summed E-state index contributed by atoms with van der Waals surface area (Å²) < 4.78 is 0. The van der Waals surface area contributed by atoms with Crippen LogP contribution in [0.4, 0.5) is 10.5 Å². The average Bonchev–Trinajstić information content (AvgIpc) is 2.58. The van der Waals surface area contributed by atoms with Crippen LogP contribution in [0.3, 0.4) is 0 Å². The monoisotopic (exact) mass is 368 g/mol. The number of hydrogen-bond donors (Lipinski definition) is 3. The van der Waals surface area contributed by atoms with Crippen molar-refractivity contribution in [1.82, 2.24) is 10.2 Å². The number of urea groups is 1. The van der Waals surface area contributed by atoms with E-state index in [9.17, 15) is 9.59 Å². The number of carbonyl (C=O) groups excluding carboxylic acids is 2. The van der Waals surface area contributed by atoms with Gasteiger partial charge in [0.1, 0.15) is 0 Å². The molecule has 3 amide bonds. The first-order valence-corrected chi connectivity index (χ1v) is 8.70. The molecule has 25 heavy (non-hydrogen) atoms.